The second-order valence-electron chi connectivity index (χ2n) is 4.73. The fraction of sp³-hybridized carbons (Fsp3) is 0.286. The molecule has 0 unspecified atom stereocenters. The van der Waals surface area contributed by atoms with Crippen LogP contribution < -0.4 is 10.9 Å². The van der Waals surface area contributed by atoms with E-state index >= 15 is 0 Å². The molecule has 0 atom stereocenters. The predicted octanol–water partition coefficient (Wildman–Crippen LogP) is 1.22. The molecule has 0 spiro atoms. The lowest BCUT2D eigenvalue weighted by molar-refractivity contribution is 0.534. The van der Waals surface area contributed by atoms with Gasteiger partial charge in [-0.25, -0.2) is 13.8 Å². The van der Waals surface area contributed by atoms with E-state index < -0.39 is 11.6 Å². The maximum Gasteiger partial charge on any atom is 0.257 e. The first-order chi connectivity index (χ1) is 9.66. The van der Waals surface area contributed by atoms with Gasteiger partial charge in [0.05, 0.1) is 18.6 Å². The molecular weight excluding hydrogens is 264 g/mol. The van der Waals surface area contributed by atoms with Crippen molar-refractivity contribution >= 4 is 0 Å². The summed E-state index contributed by atoms with van der Waals surface area (Å²) in [6.45, 7) is 1.12. The topological polar surface area (TPSA) is 46.9 Å². The summed E-state index contributed by atoms with van der Waals surface area (Å²) in [5, 5.41) is 3.12. The minimum absolute atomic E-state index is 0.120. The lowest BCUT2D eigenvalue weighted by atomic mass is 10.1. The number of aromatic nitrogens is 2. The van der Waals surface area contributed by atoms with Crippen molar-refractivity contribution in [3.63, 3.8) is 0 Å². The van der Waals surface area contributed by atoms with Gasteiger partial charge in [0, 0.05) is 17.7 Å². The first-order valence-electron chi connectivity index (χ1n) is 6.37. The third-order valence-electron chi connectivity index (χ3n) is 3.45. The van der Waals surface area contributed by atoms with Crippen LogP contribution >= 0.6 is 0 Å². The molecule has 6 heteroatoms. The van der Waals surface area contributed by atoms with Gasteiger partial charge in [-0.15, -0.1) is 0 Å². The zero-order chi connectivity index (χ0) is 14.1. The molecule has 0 amide bonds. The van der Waals surface area contributed by atoms with Crippen LogP contribution in [0.5, 0.6) is 0 Å². The molecule has 1 aromatic heterocycles. The number of hydrogen-bond acceptors (Lipinski definition) is 3. The Morgan fingerprint density at radius 3 is 2.80 bits per heavy atom. The van der Waals surface area contributed by atoms with Crippen LogP contribution in [0.3, 0.4) is 0 Å². The molecule has 0 saturated heterocycles. The zero-order valence-corrected chi connectivity index (χ0v) is 10.7. The number of hydrogen-bond donors (Lipinski definition) is 1. The summed E-state index contributed by atoms with van der Waals surface area (Å²) in [6, 6.07) is 3.66. The average Bonchev–Trinajstić information content (AvgIpc) is 2.45. The molecule has 2 aromatic rings. The molecule has 0 bridgehead atoms. The smallest absolute Gasteiger partial charge is 0.257 e. The van der Waals surface area contributed by atoms with Gasteiger partial charge >= 0.3 is 0 Å². The first-order valence-corrected chi connectivity index (χ1v) is 6.37. The van der Waals surface area contributed by atoms with Crippen molar-refractivity contribution in [1.82, 2.24) is 14.9 Å². The summed E-state index contributed by atoms with van der Waals surface area (Å²) in [5.41, 5.74) is 0.999. The number of fused-ring (bicyclic) bond motifs is 1. The highest BCUT2D eigenvalue weighted by molar-refractivity contribution is 5.23. The number of benzene rings is 1. The van der Waals surface area contributed by atoms with Crippen molar-refractivity contribution in [1.29, 1.82) is 0 Å². The quantitative estimate of drug-likeness (QED) is 0.897. The molecule has 0 radical (unpaired) electrons. The first kappa shape index (κ1) is 12.9. The maximum absolute atomic E-state index is 13.6. The van der Waals surface area contributed by atoms with Crippen LogP contribution in [0.1, 0.15) is 16.8 Å². The van der Waals surface area contributed by atoms with E-state index in [1.165, 1.54) is 29.1 Å². The lowest BCUT2D eigenvalue weighted by Gasteiger charge is -2.17. The van der Waals surface area contributed by atoms with E-state index in [9.17, 15) is 13.6 Å². The van der Waals surface area contributed by atoms with Crippen molar-refractivity contribution in [3.05, 3.63) is 63.3 Å². The second kappa shape index (κ2) is 5.13. The van der Waals surface area contributed by atoms with Gasteiger partial charge < -0.3 is 5.32 Å². The third-order valence-corrected chi connectivity index (χ3v) is 3.45. The van der Waals surface area contributed by atoms with Crippen LogP contribution in [0, 0.1) is 11.6 Å². The van der Waals surface area contributed by atoms with Crippen LogP contribution in [-0.4, -0.2) is 16.1 Å². The molecule has 4 nitrogen and oxygen atoms in total. The van der Waals surface area contributed by atoms with Crippen molar-refractivity contribution < 1.29 is 8.78 Å². The van der Waals surface area contributed by atoms with Gasteiger partial charge in [0.25, 0.3) is 5.56 Å². The fourth-order valence-corrected chi connectivity index (χ4v) is 2.36. The summed E-state index contributed by atoms with van der Waals surface area (Å²) < 4.78 is 28.5. The van der Waals surface area contributed by atoms with Gasteiger partial charge in [-0.05, 0) is 25.1 Å². The SMILES string of the molecule is O=c1c2c(ncn1Cc1c(F)cccc1F)CNCC2. The minimum atomic E-state index is -0.656. The van der Waals surface area contributed by atoms with E-state index in [0.29, 0.717) is 30.8 Å². The van der Waals surface area contributed by atoms with Crippen LogP contribution in [0.2, 0.25) is 0 Å². The Balaban J connectivity index is 2.02. The molecule has 20 heavy (non-hydrogen) atoms. The van der Waals surface area contributed by atoms with Crippen LogP contribution in [0.4, 0.5) is 8.78 Å². The minimum Gasteiger partial charge on any atom is -0.311 e. The third kappa shape index (κ3) is 2.22. The van der Waals surface area contributed by atoms with Gasteiger partial charge in [0.1, 0.15) is 11.6 Å². The summed E-state index contributed by atoms with van der Waals surface area (Å²) in [7, 11) is 0. The van der Waals surface area contributed by atoms with Crippen LogP contribution in [-0.2, 0) is 19.5 Å². The van der Waals surface area contributed by atoms with Crippen molar-refractivity contribution in [2.75, 3.05) is 6.54 Å². The molecule has 1 aliphatic rings. The van der Waals surface area contributed by atoms with Gasteiger partial charge in [-0.3, -0.25) is 9.36 Å². The van der Waals surface area contributed by atoms with Gasteiger partial charge in [-0.2, -0.15) is 0 Å². The molecule has 0 fully saturated rings. The number of nitrogens with one attached hydrogen (secondary N) is 1. The lowest BCUT2D eigenvalue weighted by Crippen LogP contribution is -2.34. The molecule has 0 aliphatic carbocycles. The summed E-state index contributed by atoms with van der Waals surface area (Å²) >= 11 is 0. The highest BCUT2D eigenvalue weighted by Gasteiger charge is 2.17. The summed E-state index contributed by atoms with van der Waals surface area (Å²) in [4.78, 5) is 16.5. The second-order valence-corrected chi connectivity index (χ2v) is 4.73. The monoisotopic (exact) mass is 277 g/mol. The van der Waals surface area contributed by atoms with Gasteiger partial charge in [-0.1, -0.05) is 6.07 Å². The van der Waals surface area contributed by atoms with E-state index in [-0.39, 0.29) is 17.7 Å². The van der Waals surface area contributed by atoms with E-state index in [2.05, 4.69) is 10.3 Å². The molecule has 1 aromatic carbocycles. The maximum atomic E-state index is 13.6. The molecule has 104 valence electrons. The summed E-state index contributed by atoms with van der Waals surface area (Å²) in [6.07, 6.45) is 1.93. The van der Waals surface area contributed by atoms with Gasteiger partial charge in [0.15, 0.2) is 0 Å². The largest absolute Gasteiger partial charge is 0.311 e. The normalized spacial score (nSPS) is 14.1. The van der Waals surface area contributed by atoms with Crippen molar-refractivity contribution in [2.45, 2.75) is 19.5 Å². The molecule has 2 heterocycles. The Kier molecular flexibility index (Phi) is 3.31. The Morgan fingerprint density at radius 1 is 1.30 bits per heavy atom. The fourth-order valence-electron chi connectivity index (χ4n) is 2.36. The summed E-state index contributed by atoms with van der Waals surface area (Å²) in [5.74, 6) is -1.31. The van der Waals surface area contributed by atoms with Gasteiger partial charge in [0.2, 0.25) is 0 Å². The van der Waals surface area contributed by atoms with Crippen molar-refractivity contribution in [3.8, 4) is 0 Å². The highest BCUT2D eigenvalue weighted by atomic mass is 19.1. The molecule has 0 saturated carbocycles. The predicted molar refractivity (Wildman–Crippen MR) is 69.4 cm³/mol. The van der Waals surface area contributed by atoms with Crippen LogP contribution in [0.15, 0.2) is 29.3 Å². The number of halogens is 2. The Hall–Kier alpha value is -2.08. The molecule has 1 aliphatic heterocycles. The van der Waals surface area contributed by atoms with Crippen LogP contribution in [0.25, 0.3) is 0 Å². The van der Waals surface area contributed by atoms with E-state index in [0.717, 1.165) is 0 Å². The Morgan fingerprint density at radius 2 is 2.05 bits per heavy atom. The molecule has 1 N–H and O–H groups in total. The van der Waals surface area contributed by atoms with E-state index in [1.807, 2.05) is 0 Å². The van der Waals surface area contributed by atoms with E-state index in [1.54, 1.807) is 0 Å². The molecular formula is C14H13F2N3O. The number of nitrogens with zero attached hydrogens (tertiary/aromatic N) is 2. The number of rotatable bonds is 2. The Bertz CT molecular complexity index is 692. The molecule has 3 rings (SSSR count). The average molecular weight is 277 g/mol. The van der Waals surface area contributed by atoms with E-state index in [4.69, 9.17) is 0 Å². The highest BCUT2D eigenvalue weighted by Crippen LogP contribution is 2.13. The zero-order valence-electron chi connectivity index (χ0n) is 10.7. The van der Waals surface area contributed by atoms with Crippen molar-refractivity contribution in [2.24, 2.45) is 0 Å². The standard InChI is InChI=1S/C14H13F2N3O/c15-11-2-1-3-12(16)10(11)7-19-8-18-13-6-17-5-4-9(13)14(19)20/h1-3,8,17H,4-7H2. The Labute approximate surface area is 114 Å².